The van der Waals surface area contributed by atoms with Crippen LogP contribution in [-0.4, -0.2) is 37.4 Å². The lowest BCUT2D eigenvalue weighted by Gasteiger charge is -2.13. The number of carbonyl (C=O) groups is 2. The van der Waals surface area contributed by atoms with Gasteiger partial charge in [0.1, 0.15) is 0 Å². The molecule has 0 aliphatic carbocycles. The van der Waals surface area contributed by atoms with Gasteiger partial charge in [-0.15, -0.1) is 0 Å². The molecule has 0 aromatic heterocycles. The van der Waals surface area contributed by atoms with Gasteiger partial charge in [0.2, 0.25) is 5.91 Å². The summed E-state index contributed by atoms with van der Waals surface area (Å²) in [5.41, 5.74) is 4.34. The van der Waals surface area contributed by atoms with E-state index >= 15 is 0 Å². The van der Waals surface area contributed by atoms with E-state index in [4.69, 9.17) is 0 Å². The van der Waals surface area contributed by atoms with E-state index in [1.54, 1.807) is 38.4 Å². The Balaban J connectivity index is 1.93. The maximum Gasteiger partial charge on any atom is 0.253 e. The highest BCUT2D eigenvalue weighted by Crippen LogP contribution is 2.19. The third-order valence-electron chi connectivity index (χ3n) is 3.74. The van der Waals surface area contributed by atoms with Crippen molar-refractivity contribution < 1.29 is 9.59 Å². The molecule has 5 nitrogen and oxygen atoms in total. The quantitative estimate of drug-likeness (QED) is 0.888. The lowest BCUT2D eigenvalue weighted by atomic mass is 10.1. The molecule has 2 N–H and O–H groups in total. The van der Waals surface area contributed by atoms with Gasteiger partial charge in [0.15, 0.2) is 0 Å². The highest BCUT2D eigenvalue weighted by atomic mass is 16.2. The molecule has 2 rings (SSSR count). The number of nitrogens with one attached hydrogen (secondary N) is 2. The van der Waals surface area contributed by atoms with Crippen LogP contribution in [0.2, 0.25) is 0 Å². The van der Waals surface area contributed by atoms with Crippen LogP contribution in [0.3, 0.4) is 0 Å². The Morgan fingerprint density at radius 1 is 0.958 bits per heavy atom. The smallest absolute Gasteiger partial charge is 0.253 e. The van der Waals surface area contributed by atoms with Crippen LogP contribution in [0.4, 0.5) is 11.4 Å². The average Bonchev–Trinajstić information content (AvgIpc) is 2.56. The van der Waals surface area contributed by atoms with Crippen molar-refractivity contribution in [2.75, 3.05) is 31.3 Å². The summed E-state index contributed by atoms with van der Waals surface area (Å²) in [6, 6.07) is 13.0. The minimum Gasteiger partial charge on any atom is -0.376 e. The first-order chi connectivity index (χ1) is 11.4. The van der Waals surface area contributed by atoms with Crippen molar-refractivity contribution in [2.24, 2.45) is 0 Å². The van der Waals surface area contributed by atoms with Crippen LogP contribution in [0.25, 0.3) is 0 Å². The molecule has 2 aromatic rings. The number of carbonyl (C=O) groups excluding carboxylic acids is 2. The molecule has 2 amide bonds. The molecule has 0 saturated heterocycles. The van der Waals surface area contributed by atoms with Crippen LogP contribution in [0.5, 0.6) is 0 Å². The van der Waals surface area contributed by atoms with E-state index in [0.717, 1.165) is 22.5 Å². The second-order valence-corrected chi connectivity index (χ2v) is 5.95. The molecule has 0 unspecified atom stereocenters. The Bertz CT molecular complexity index is 717. The number of benzene rings is 2. The summed E-state index contributed by atoms with van der Waals surface area (Å²) < 4.78 is 0. The van der Waals surface area contributed by atoms with Crippen molar-refractivity contribution in [2.45, 2.75) is 13.8 Å². The first kappa shape index (κ1) is 17.5. The first-order valence-electron chi connectivity index (χ1n) is 7.80. The molecule has 24 heavy (non-hydrogen) atoms. The van der Waals surface area contributed by atoms with E-state index < -0.39 is 0 Å². The molecule has 0 spiro atoms. The van der Waals surface area contributed by atoms with Gasteiger partial charge < -0.3 is 15.5 Å². The lowest BCUT2D eigenvalue weighted by Crippen LogP contribution is -2.23. The Labute approximate surface area is 142 Å². The normalized spacial score (nSPS) is 10.2. The lowest BCUT2D eigenvalue weighted by molar-refractivity contribution is -0.114. The predicted octanol–water partition coefficient (Wildman–Crippen LogP) is 3.06. The molecule has 5 heteroatoms. The van der Waals surface area contributed by atoms with Crippen LogP contribution >= 0.6 is 0 Å². The summed E-state index contributed by atoms with van der Waals surface area (Å²) >= 11 is 0. The van der Waals surface area contributed by atoms with Gasteiger partial charge in [0.05, 0.1) is 6.54 Å². The van der Waals surface area contributed by atoms with Crippen molar-refractivity contribution in [3.05, 3.63) is 59.2 Å². The Morgan fingerprint density at radius 2 is 1.54 bits per heavy atom. The largest absolute Gasteiger partial charge is 0.376 e. The molecule has 0 radical (unpaired) electrons. The minimum atomic E-state index is -0.110. The number of rotatable bonds is 5. The van der Waals surface area contributed by atoms with Gasteiger partial charge in [-0.25, -0.2) is 0 Å². The summed E-state index contributed by atoms with van der Waals surface area (Å²) in [6.07, 6.45) is 0. The molecule has 0 atom stereocenters. The van der Waals surface area contributed by atoms with E-state index in [0.29, 0.717) is 5.56 Å². The van der Waals surface area contributed by atoms with E-state index in [-0.39, 0.29) is 18.4 Å². The molecule has 0 aliphatic heterocycles. The van der Waals surface area contributed by atoms with Gasteiger partial charge in [-0.05, 0) is 49.2 Å². The molecule has 0 saturated carbocycles. The molecule has 0 aliphatic rings. The zero-order valence-electron chi connectivity index (χ0n) is 14.5. The highest BCUT2D eigenvalue weighted by molar-refractivity contribution is 5.96. The summed E-state index contributed by atoms with van der Waals surface area (Å²) in [7, 11) is 3.43. The Kier molecular flexibility index (Phi) is 5.58. The summed E-state index contributed by atoms with van der Waals surface area (Å²) in [4.78, 5) is 25.5. The van der Waals surface area contributed by atoms with E-state index in [2.05, 4.69) is 10.6 Å². The maximum atomic E-state index is 12.1. The topological polar surface area (TPSA) is 61.4 Å². The van der Waals surface area contributed by atoms with Crippen LogP contribution in [0.15, 0.2) is 42.5 Å². The molecule has 2 aromatic carbocycles. The van der Waals surface area contributed by atoms with Crippen molar-refractivity contribution in [1.29, 1.82) is 0 Å². The monoisotopic (exact) mass is 325 g/mol. The molecule has 126 valence electrons. The maximum absolute atomic E-state index is 12.1. The van der Waals surface area contributed by atoms with Crippen molar-refractivity contribution in [3.8, 4) is 0 Å². The van der Waals surface area contributed by atoms with Gasteiger partial charge in [-0.1, -0.05) is 18.2 Å². The number of aryl methyl sites for hydroxylation is 2. The van der Waals surface area contributed by atoms with Crippen LogP contribution in [-0.2, 0) is 4.79 Å². The third kappa shape index (κ3) is 4.35. The van der Waals surface area contributed by atoms with E-state index in [1.165, 1.54) is 4.90 Å². The number of para-hydroxylation sites is 1. The Morgan fingerprint density at radius 3 is 2.08 bits per heavy atom. The SMILES string of the molecule is Cc1cccc(C)c1NC(=O)CNc1ccc(C(=O)N(C)C)cc1. The second kappa shape index (κ2) is 7.64. The number of hydrogen-bond acceptors (Lipinski definition) is 3. The molecular weight excluding hydrogens is 302 g/mol. The zero-order valence-corrected chi connectivity index (χ0v) is 14.5. The van der Waals surface area contributed by atoms with Crippen molar-refractivity contribution in [1.82, 2.24) is 4.90 Å². The zero-order chi connectivity index (χ0) is 17.7. The van der Waals surface area contributed by atoms with Gasteiger partial charge in [-0.2, -0.15) is 0 Å². The summed E-state index contributed by atoms with van der Waals surface area (Å²) in [5.74, 6) is -0.157. The number of hydrogen-bond donors (Lipinski definition) is 2. The van der Waals surface area contributed by atoms with Crippen LogP contribution in [0, 0.1) is 13.8 Å². The van der Waals surface area contributed by atoms with Crippen LogP contribution < -0.4 is 10.6 Å². The molecule has 0 fully saturated rings. The van der Waals surface area contributed by atoms with Crippen molar-refractivity contribution >= 4 is 23.2 Å². The van der Waals surface area contributed by atoms with Gasteiger partial charge in [0.25, 0.3) is 5.91 Å². The summed E-state index contributed by atoms with van der Waals surface area (Å²) in [6.45, 7) is 4.10. The molecule has 0 bridgehead atoms. The number of amides is 2. The fourth-order valence-electron chi connectivity index (χ4n) is 2.37. The highest BCUT2D eigenvalue weighted by Gasteiger charge is 2.09. The standard InChI is InChI=1S/C19H23N3O2/c1-13-6-5-7-14(2)18(13)21-17(23)12-20-16-10-8-15(9-11-16)19(24)22(3)4/h5-11,20H,12H2,1-4H3,(H,21,23). The third-order valence-corrected chi connectivity index (χ3v) is 3.74. The number of nitrogens with zero attached hydrogens (tertiary/aromatic N) is 1. The predicted molar refractivity (Wildman–Crippen MR) is 97.5 cm³/mol. The molecule has 0 heterocycles. The van der Waals surface area contributed by atoms with Crippen molar-refractivity contribution in [3.63, 3.8) is 0 Å². The minimum absolute atomic E-state index is 0.0469. The number of anilines is 2. The first-order valence-corrected chi connectivity index (χ1v) is 7.80. The average molecular weight is 325 g/mol. The molecular formula is C19H23N3O2. The Hall–Kier alpha value is -2.82. The second-order valence-electron chi connectivity index (χ2n) is 5.95. The van der Waals surface area contributed by atoms with E-state index in [9.17, 15) is 9.59 Å². The fraction of sp³-hybridized carbons (Fsp3) is 0.263. The van der Waals surface area contributed by atoms with Gasteiger partial charge >= 0.3 is 0 Å². The van der Waals surface area contributed by atoms with Crippen LogP contribution in [0.1, 0.15) is 21.5 Å². The van der Waals surface area contributed by atoms with Gasteiger partial charge in [-0.3, -0.25) is 9.59 Å². The fourth-order valence-corrected chi connectivity index (χ4v) is 2.37. The van der Waals surface area contributed by atoms with Gasteiger partial charge in [0, 0.05) is 31.0 Å². The summed E-state index contributed by atoms with van der Waals surface area (Å²) in [5, 5.41) is 5.99. The van der Waals surface area contributed by atoms with E-state index in [1.807, 2.05) is 32.0 Å².